The number of hydrogen-bond donors (Lipinski definition) is 0. The lowest BCUT2D eigenvalue weighted by atomic mass is 9.85. The van der Waals surface area contributed by atoms with Crippen LogP contribution in [0.3, 0.4) is 0 Å². The molecule has 3 heteroatoms. The van der Waals surface area contributed by atoms with Gasteiger partial charge in [0.15, 0.2) is 0 Å². The highest BCUT2D eigenvalue weighted by Crippen LogP contribution is 2.51. The van der Waals surface area contributed by atoms with Crippen molar-refractivity contribution >= 4 is 11.9 Å². The molecule has 3 nitrogen and oxygen atoms in total. The zero-order valence-electron chi connectivity index (χ0n) is 6.40. The van der Waals surface area contributed by atoms with Crippen molar-refractivity contribution in [3.8, 4) is 0 Å². The average molecular weight is 164 g/mol. The first kappa shape index (κ1) is 6.40. The average Bonchev–Trinajstić information content (AvgIpc) is 2.64. The number of cyclic esters (lactones) is 2. The van der Waals surface area contributed by atoms with E-state index in [-0.39, 0.29) is 35.6 Å². The van der Waals surface area contributed by atoms with Gasteiger partial charge in [-0.15, -0.1) is 0 Å². The topological polar surface area (TPSA) is 43.4 Å². The van der Waals surface area contributed by atoms with E-state index in [1.54, 1.807) is 0 Å². The van der Waals surface area contributed by atoms with Crippen molar-refractivity contribution in [2.24, 2.45) is 23.7 Å². The summed E-state index contributed by atoms with van der Waals surface area (Å²) >= 11 is 0. The van der Waals surface area contributed by atoms with Crippen LogP contribution in [0.1, 0.15) is 6.42 Å². The molecule has 0 aromatic rings. The van der Waals surface area contributed by atoms with E-state index in [4.69, 9.17) is 0 Å². The van der Waals surface area contributed by atoms with Crippen molar-refractivity contribution in [2.75, 3.05) is 0 Å². The van der Waals surface area contributed by atoms with Crippen LogP contribution in [0.4, 0.5) is 0 Å². The van der Waals surface area contributed by atoms with E-state index in [2.05, 4.69) is 4.74 Å². The zero-order chi connectivity index (χ0) is 8.29. The van der Waals surface area contributed by atoms with Gasteiger partial charge in [-0.25, -0.2) is 0 Å². The number of rotatable bonds is 0. The molecule has 0 radical (unpaired) electrons. The van der Waals surface area contributed by atoms with Crippen molar-refractivity contribution in [2.45, 2.75) is 6.42 Å². The van der Waals surface area contributed by atoms with Gasteiger partial charge in [0, 0.05) is 0 Å². The molecule has 0 aromatic heterocycles. The second-order valence-electron chi connectivity index (χ2n) is 3.74. The van der Waals surface area contributed by atoms with E-state index in [9.17, 15) is 9.59 Å². The summed E-state index contributed by atoms with van der Waals surface area (Å²) in [7, 11) is 0. The summed E-state index contributed by atoms with van der Waals surface area (Å²) in [5.41, 5.74) is 0. The van der Waals surface area contributed by atoms with Crippen molar-refractivity contribution in [3.63, 3.8) is 0 Å². The minimum Gasteiger partial charge on any atom is -0.393 e. The van der Waals surface area contributed by atoms with Crippen LogP contribution in [0, 0.1) is 23.7 Å². The fraction of sp³-hybridized carbons (Fsp3) is 0.556. The first-order chi connectivity index (χ1) is 5.77. The van der Waals surface area contributed by atoms with Gasteiger partial charge >= 0.3 is 11.9 Å². The predicted octanol–water partition coefficient (Wildman–Crippen LogP) is 0.508. The van der Waals surface area contributed by atoms with Gasteiger partial charge < -0.3 is 4.74 Å². The Morgan fingerprint density at radius 1 is 1.08 bits per heavy atom. The molecule has 0 spiro atoms. The van der Waals surface area contributed by atoms with Crippen LogP contribution in [0.5, 0.6) is 0 Å². The molecule has 12 heavy (non-hydrogen) atoms. The summed E-state index contributed by atoms with van der Waals surface area (Å²) in [6, 6.07) is 0. The number of carbonyl (C=O) groups is 2. The first-order valence-corrected chi connectivity index (χ1v) is 4.21. The van der Waals surface area contributed by atoms with Crippen LogP contribution < -0.4 is 0 Å². The van der Waals surface area contributed by atoms with Crippen LogP contribution in [0.15, 0.2) is 12.2 Å². The Morgan fingerprint density at radius 2 is 1.58 bits per heavy atom. The standard InChI is InChI=1S/C9H8O3/c10-8-6-4-1-2-5(3-4)7(6)9(11)12-8/h1-2,4-7H,3H2/t4-,5-,6+,7+/m0/s1. The van der Waals surface area contributed by atoms with Gasteiger partial charge in [-0.3, -0.25) is 9.59 Å². The normalized spacial score (nSPS) is 48.3. The molecule has 62 valence electrons. The molecular weight excluding hydrogens is 156 g/mol. The monoisotopic (exact) mass is 164 g/mol. The summed E-state index contributed by atoms with van der Waals surface area (Å²) < 4.78 is 4.59. The van der Waals surface area contributed by atoms with Crippen LogP contribution in [0.2, 0.25) is 0 Å². The fourth-order valence-electron chi connectivity index (χ4n) is 2.70. The van der Waals surface area contributed by atoms with Crippen LogP contribution in [-0.2, 0) is 14.3 Å². The second-order valence-corrected chi connectivity index (χ2v) is 3.74. The number of esters is 2. The minimum atomic E-state index is -0.304. The van der Waals surface area contributed by atoms with Crippen LogP contribution >= 0.6 is 0 Å². The molecule has 1 heterocycles. The maximum atomic E-state index is 11.2. The van der Waals surface area contributed by atoms with E-state index in [0.29, 0.717) is 0 Å². The molecule has 0 N–H and O–H groups in total. The summed E-state index contributed by atoms with van der Waals surface area (Å²) in [4.78, 5) is 22.4. The quantitative estimate of drug-likeness (QED) is 0.297. The molecule has 0 amide bonds. The number of hydrogen-bond acceptors (Lipinski definition) is 3. The highest BCUT2D eigenvalue weighted by atomic mass is 16.6. The number of fused-ring (bicyclic) bond motifs is 5. The summed E-state index contributed by atoms with van der Waals surface area (Å²) in [5, 5.41) is 0. The fourth-order valence-corrected chi connectivity index (χ4v) is 2.70. The molecule has 1 saturated carbocycles. The summed E-state index contributed by atoms with van der Waals surface area (Å²) in [6.07, 6.45) is 5.06. The molecule has 2 bridgehead atoms. The van der Waals surface area contributed by atoms with E-state index in [1.807, 2.05) is 12.2 Å². The molecule has 3 rings (SSSR count). The van der Waals surface area contributed by atoms with E-state index >= 15 is 0 Å². The van der Waals surface area contributed by atoms with E-state index in [0.717, 1.165) is 6.42 Å². The smallest absolute Gasteiger partial charge is 0.318 e. The SMILES string of the molecule is O=C1OC(=O)[C@H]2[C@H]1[C@H]1C=C[C@H]2C1. The van der Waals surface area contributed by atoms with Gasteiger partial charge in [0.1, 0.15) is 0 Å². The van der Waals surface area contributed by atoms with Gasteiger partial charge in [-0.2, -0.15) is 0 Å². The van der Waals surface area contributed by atoms with Gasteiger partial charge in [0.05, 0.1) is 11.8 Å². The lowest BCUT2D eigenvalue weighted by Crippen LogP contribution is -2.21. The zero-order valence-corrected chi connectivity index (χ0v) is 6.40. The first-order valence-electron chi connectivity index (χ1n) is 4.21. The Labute approximate surface area is 69.4 Å². The Morgan fingerprint density at radius 3 is 2.08 bits per heavy atom. The van der Waals surface area contributed by atoms with E-state index in [1.165, 1.54) is 0 Å². The molecule has 1 saturated heterocycles. The van der Waals surface area contributed by atoms with E-state index < -0.39 is 0 Å². The van der Waals surface area contributed by atoms with Crippen molar-refractivity contribution in [3.05, 3.63) is 12.2 Å². The van der Waals surface area contributed by atoms with Crippen LogP contribution in [0.25, 0.3) is 0 Å². The van der Waals surface area contributed by atoms with Crippen molar-refractivity contribution in [1.82, 2.24) is 0 Å². The maximum Gasteiger partial charge on any atom is 0.318 e. The molecule has 0 unspecified atom stereocenters. The number of carbonyl (C=O) groups excluding carboxylic acids is 2. The molecule has 1 aliphatic heterocycles. The lowest BCUT2D eigenvalue weighted by molar-refractivity contribution is -0.154. The highest BCUT2D eigenvalue weighted by molar-refractivity contribution is 5.98. The molecule has 0 aromatic carbocycles. The Hall–Kier alpha value is -1.12. The Kier molecular flexibility index (Phi) is 0.953. The lowest BCUT2D eigenvalue weighted by Gasteiger charge is -2.12. The largest absolute Gasteiger partial charge is 0.393 e. The highest BCUT2D eigenvalue weighted by Gasteiger charge is 2.57. The number of allylic oxidation sites excluding steroid dienone is 2. The van der Waals surface area contributed by atoms with Crippen molar-refractivity contribution in [1.29, 1.82) is 0 Å². The molecule has 2 aliphatic carbocycles. The summed E-state index contributed by atoms with van der Waals surface area (Å²) in [6.45, 7) is 0. The third-order valence-corrected chi connectivity index (χ3v) is 3.20. The maximum absolute atomic E-state index is 11.2. The summed E-state index contributed by atoms with van der Waals surface area (Å²) in [5.74, 6) is -0.346. The van der Waals surface area contributed by atoms with Gasteiger partial charge in [0.2, 0.25) is 0 Å². The van der Waals surface area contributed by atoms with Crippen LogP contribution in [-0.4, -0.2) is 11.9 Å². The molecular formula is C9H8O3. The van der Waals surface area contributed by atoms with Crippen molar-refractivity contribution < 1.29 is 14.3 Å². The number of ether oxygens (including phenoxy) is 1. The molecule has 3 aliphatic rings. The predicted molar refractivity (Wildman–Crippen MR) is 38.8 cm³/mol. The molecule has 4 atom stereocenters. The van der Waals surface area contributed by atoms with Gasteiger partial charge in [-0.05, 0) is 18.3 Å². The second kappa shape index (κ2) is 1.79. The van der Waals surface area contributed by atoms with Gasteiger partial charge in [-0.1, -0.05) is 12.2 Å². The third-order valence-electron chi connectivity index (χ3n) is 3.20. The molecule has 2 fully saturated rings. The third kappa shape index (κ3) is 0.543. The Bertz CT molecular complexity index is 277. The minimum absolute atomic E-state index is 0.146. The Balaban J connectivity index is 2.08. The van der Waals surface area contributed by atoms with Gasteiger partial charge in [0.25, 0.3) is 0 Å².